The van der Waals surface area contributed by atoms with Crippen molar-refractivity contribution in [2.24, 2.45) is 0 Å². The molecule has 4 atom stereocenters. The highest BCUT2D eigenvalue weighted by Crippen LogP contribution is 2.12. The summed E-state index contributed by atoms with van der Waals surface area (Å²) in [6.07, 6.45) is -3.88. The van der Waals surface area contributed by atoms with Gasteiger partial charge in [-0.15, -0.1) is 0 Å². The number of amides is 1. The fraction of sp³-hybridized carbons (Fsp3) is 0.800. The minimum Gasteiger partial charge on any atom is -0.394 e. The van der Waals surface area contributed by atoms with Gasteiger partial charge in [0.1, 0.15) is 18.4 Å². The number of hydrogen-bond acceptors (Lipinski definition) is 6. The molecular weight excluding hydrogens is 290 g/mol. The summed E-state index contributed by atoms with van der Waals surface area (Å²) in [6, 6.07) is 0. The molecule has 0 aliphatic rings. The molecule has 0 radical (unpaired) electrons. The maximum absolute atomic E-state index is 11.9. The predicted molar refractivity (Wildman–Crippen MR) is 81.8 cm³/mol. The smallest absolute Gasteiger partial charge is 0.247 e. The Morgan fingerprint density at radius 3 is 2.36 bits per heavy atom. The molecule has 7 nitrogen and oxygen atoms in total. The third-order valence-corrected chi connectivity index (χ3v) is 3.35. The number of nitrogens with zero attached hydrogens (tertiary/aromatic N) is 1. The van der Waals surface area contributed by atoms with E-state index in [9.17, 15) is 25.2 Å². The van der Waals surface area contributed by atoms with Gasteiger partial charge in [0.15, 0.2) is 0 Å². The Morgan fingerprint density at radius 2 is 1.86 bits per heavy atom. The van der Waals surface area contributed by atoms with Crippen molar-refractivity contribution in [1.29, 1.82) is 0 Å². The van der Waals surface area contributed by atoms with E-state index in [-0.39, 0.29) is 6.54 Å². The first-order valence-electron chi connectivity index (χ1n) is 8.02. The fourth-order valence-electron chi connectivity index (χ4n) is 1.96. The van der Waals surface area contributed by atoms with Gasteiger partial charge in [0, 0.05) is 13.0 Å². The quantitative estimate of drug-likeness (QED) is 0.185. The monoisotopic (exact) mass is 320 g/mol. The number of carbonyl (C=O) groups excluding carboxylic acids is 1. The van der Waals surface area contributed by atoms with Crippen LogP contribution in [0.25, 0.3) is 0 Å². The Kier molecular flexibility index (Phi) is 10.0. The van der Waals surface area contributed by atoms with Crippen LogP contribution in [0.15, 0.2) is 12.7 Å². The molecule has 0 rings (SSSR count). The lowest BCUT2D eigenvalue weighted by atomic mass is 10.0. The Labute approximate surface area is 132 Å². The normalized spacial score (nSPS) is 18.7. The standard InChI is InChI=1S/C15H29NO6/c1-3-5-6-7-8-16(13(20)4-2)14(21)9-11(18)15(22)12(19)10-17/h4,11-12,14-15,17-19,21-22H,2-3,5-10H2,1H3/t11-,12-,14?,15+/m1/s1/i14D. The number of carbonyl (C=O) groups is 1. The summed E-state index contributed by atoms with van der Waals surface area (Å²) in [5.74, 6) is -0.664. The molecule has 0 saturated heterocycles. The van der Waals surface area contributed by atoms with Crippen molar-refractivity contribution in [3.05, 3.63) is 12.7 Å². The Hall–Kier alpha value is -0.990. The van der Waals surface area contributed by atoms with Gasteiger partial charge in [-0.3, -0.25) is 4.79 Å². The second kappa shape index (κ2) is 11.6. The van der Waals surface area contributed by atoms with Crippen molar-refractivity contribution >= 4 is 5.91 Å². The number of aliphatic hydroxyl groups excluding tert-OH is 4. The summed E-state index contributed by atoms with van der Waals surface area (Å²) in [6.45, 7) is 4.68. The molecule has 0 aliphatic heterocycles. The summed E-state index contributed by atoms with van der Waals surface area (Å²) in [5, 5.41) is 47.6. The van der Waals surface area contributed by atoms with Gasteiger partial charge in [0.25, 0.3) is 0 Å². The van der Waals surface area contributed by atoms with Gasteiger partial charge in [-0.2, -0.15) is 0 Å². The lowest BCUT2D eigenvalue weighted by Crippen LogP contribution is -2.46. The highest BCUT2D eigenvalue weighted by Gasteiger charge is 2.29. The first-order chi connectivity index (χ1) is 10.7. The van der Waals surface area contributed by atoms with Crippen LogP contribution >= 0.6 is 0 Å². The number of aliphatic hydroxyl groups is 5. The lowest BCUT2D eigenvalue weighted by Gasteiger charge is -2.30. The molecule has 0 aromatic rings. The van der Waals surface area contributed by atoms with Crippen LogP contribution in [0.5, 0.6) is 0 Å². The van der Waals surface area contributed by atoms with E-state index >= 15 is 0 Å². The number of rotatable bonds is 12. The minimum absolute atomic E-state index is 0.107. The molecule has 0 aliphatic carbocycles. The molecule has 22 heavy (non-hydrogen) atoms. The molecule has 0 bridgehead atoms. The van der Waals surface area contributed by atoms with Gasteiger partial charge in [0.05, 0.1) is 14.1 Å². The van der Waals surface area contributed by atoms with Gasteiger partial charge >= 0.3 is 0 Å². The zero-order valence-corrected chi connectivity index (χ0v) is 13.1. The summed E-state index contributed by atoms with van der Waals surface area (Å²) < 4.78 is 7.92. The molecule has 0 fully saturated rings. The molecule has 130 valence electrons. The van der Waals surface area contributed by atoms with Gasteiger partial charge in [0.2, 0.25) is 5.91 Å². The molecule has 0 aromatic heterocycles. The summed E-state index contributed by atoms with van der Waals surface area (Å²) in [5.41, 5.74) is 0. The number of hydrogen-bond donors (Lipinski definition) is 5. The third kappa shape index (κ3) is 7.33. The number of unbranched alkanes of at least 4 members (excludes halogenated alkanes) is 3. The summed E-state index contributed by atoms with van der Waals surface area (Å²) in [4.78, 5) is 12.7. The Morgan fingerprint density at radius 1 is 1.23 bits per heavy atom. The van der Waals surface area contributed by atoms with Crippen molar-refractivity contribution in [3.8, 4) is 0 Å². The van der Waals surface area contributed by atoms with Crippen LogP contribution < -0.4 is 0 Å². The summed E-state index contributed by atoms with van der Waals surface area (Å²) in [7, 11) is 0. The second-order valence-electron chi connectivity index (χ2n) is 5.18. The average molecular weight is 320 g/mol. The SMILES string of the molecule is [2H]C(O)(C[C@@H](O)[C@H](O)[C@H](O)CO)N(CCCCCC)C(=O)C=C. The van der Waals surface area contributed by atoms with E-state index in [1.165, 1.54) is 0 Å². The lowest BCUT2D eigenvalue weighted by molar-refractivity contribution is -0.142. The fourth-order valence-corrected chi connectivity index (χ4v) is 1.96. The zero-order valence-electron chi connectivity index (χ0n) is 14.1. The molecule has 1 amide bonds. The van der Waals surface area contributed by atoms with Crippen molar-refractivity contribution in [1.82, 2.24) is 4.90 Å². The van der Waals surface area contributed by atoms with Gasteiger partial charge in [-0.1, -0.05) is 32.8 Å². The van der Waals surface area contributed by atoms with Crippen molar-refractivity contribution < 1.29 is 31.7 Å². The predicted octanol–water partition coefficient (Wildman–Crippen LogP) is -0.635. The molecule has 0 spiro atoms. The summed E-state index contributed by atoms with van der Waals surface area (Å²) >= 11 is 0. The molecule has 0 saturated carbocycles. The van der Waals surface area contributed by atoms with Crippen LogP contribution in [-0.2, 0) is 4.79 Å². The van der Waals surface area contributed by atoms with E-state index in [1.807, 2.05) is 6.92 Å². The largest absolute Gasteiger partial charge is 0.394 e. The van der Waals surface area contributed by atoms with Gasteiger partial charge < -0.3 is 30.4 Å². The van der Waals surface area contributed by atoms with Crippen molar-refractivity contribution in [2.75, 3.05) is 13.2 Å². The van der Waals surface area contributed by atoms with E-state index in [0.717, 1.165) is 30.2 Å². The molecule has 1 unspecified atom stereocenters. The third-order valence-electron chi connectivity index (χ3n) is 3.35. The van der Waals surface area contributed by atoms with Crippen LogP contribution in [0.1, 0.15) is 40.4 Å². The highest BCUT2D eigenvalue weighted by molar-refractivity contribution is 5.87. The minimum atomic E-state index is -2.47. The molecular formula is C15H29NO6. The topological polar surface area (TPSA) is 121 Å². The van der Waals surface area contributed by atoms with Crippen LogP contribution in [0.4, 0.5) is 0 Å². The van der Waals surface area contributed by atoms with E-state index in [4.69, 9.17) is 6.48 Å². The maximum Gasteiger partial charge on any atom is 0.247 e. The Bertz CT molecular complexity index is 366. The van der Waals surface area contributed by atoms with E-state index in [2.05, 4.69) is 6.58 Å². The molecule has 5 N–H and O–H groups in total. The Balaban J connectivity index is 4.89. The first kappa shape index (κ1) is 19.1. The van der Waals surface area contributed by atoms with Crippen LogP contribution in [0.3, 0.4) is 0 Å². The van der Waals surface area contributed by atoms with Gasteiger partial charge in [-0.25, -0.2) is 0 Å². The van der Waals surface area contributed by atoms with E-state index in [0.29, 0.717) is 6.42 Å². The van der Waals surface area contributed by atoms with Crippen molar-refractivity contribution in [3.63, 3.8) is 0 Å². The molecule has 0 heterocycles. The van der Waals surface area contributed by atoms with Gasteiger partial charge in [-0.05, 0) is 12.5 Å². The van der Waals surface area contributed by atoms with E-state index in [1.54, 1.807) is 0 Å². The average Bonchev–Trinajstić information content (AvgIpc) is 2.51. The highest BCUT2D eigenvalue weighted by atomic mass is 16.4. The van der Waals surface area contributed by atoms with Crippen LogP contribution in [-0.4, -0.2) is 74.0 Å². The molecule has 7 heteroatoms. The van der Waals surface area contributed by atoms with E-state index < -0.39 is 43.5 Å². The van der Waals surface area contributed by atoms with Crippen molar-refractivity contribution in [2.45, 2.75) is 63.5 Å². The molecule has 0 aromatic carbocycles. The zero-order chi connectivity index (χ0) is 18.0. The maximum atomic E-state index is 11.9. The second-order valence-corrected chi connectivity index (χ2v) is 5.18. The van der Waals surface area contributed by atoms with Crippen LogP contribution in [0, 0.1) is 0 Å². The van der Waals surface area contributed by atoms with Crippen LogP contribution in [0.2, 0.25) is 0 Å². The first-order valence-corrected chi connectivity index (χ1v) is 7.52.